The third-order valence-electron chi connectivity index (χ3n) is 6.49. The number of amides is 2. The quantitative estimate of drug-likeness (QED) is 0.466. The fourth-order valence-corrected chi connectivity index (χ4v) is 5.45. The molecule has 1 saturated heterocycles. The van der Waals surface area contributed by atoms with Crippen LogP contribution in [0.1, 0.15) is 30.1 Å². The summed E-state index contributed by atoms with van der Waals surface area (Å²) in [5.41, 5.74) is 3.33. The Hall–Kier alpha value is -3.14. The molecule has 0 bridgehead atoms. The number of likely N-dealkylation sites (tertiary alicyclic amines) is 1. The van der Waals surface area contributed by atoms with E-state index in [1.807, 2.05) is 36.4 Å². The van der Waals surface area contributed by atoms with Crippen molar-refractivity contribution in [3.8, 4) is 5.75 Å². The minimum Gasteiger partial charge on any atom is -0.497 e. The van der Waals surface area contributed by atoms with Crippen molar-refractivity contribution in [1.82, 2.24) is 15.2 Å². The van der Waals surface area contributed by atoms with Crippen LogP contribution in [-0.4, -0.2) is 58.8 Å². The molecule has 2 aliphatic rings. The number of methoxy groups -OCH3 is 1. The van der Waals surface area contributed by atoms with E-state index < -0.39 is 6.10 Å². The molecule has 2 aromatic carbocycles. The Morgan fingerprint density at radius 1 is 1.26 bits per heavy atom. The van der Waals surface area contributed by atoms with E-state index in [9.17, 15) is 14.7 Å². The van der Waals surface area contributed by atoms with Gasteiger partial charge < -0.3 is 25.4 Å². The van der Waals surface area contributed by atoms with Crippen LogP contribution in [-0.2, 0) is 16.1 Å². The molecule has 9 heteroatoms. The number of rotatable bonds is 7. The molecule has 1 unspecified atom stereocenters. The topological polar surface area (TPSA) is 104 Å². The summed E-state index contributed by atoms with van der Waals surface area (Å²) in [5.74, 6) is 1.13. The summed E-state index contributed by atoms with van der Waals surface area (Å²) < 4.78 is 5.33. The molecule has 35 heavy (non-hydrogen) atoms. The molecule has 8 nitrogen and oxygen atoms in total. The first kappa shape index (κ1) is 23.6. The summed E-state index contributed by atoms with van der Waals surface area (Å²) in [4.78, 5) is 32.1. The van der Waals surface area contributed by atoms with Crippen LogP contribution in [0.4, 0.5) is 5.69 Å². The number of aliphatic hydroxyl groups is 1. The number of carbonyl (C=O) groups is 2. The number of benzene rings is 2. The normalized spacial score (nSPS) is 18.8. The molecule has 0 saturated carbocycles. The van der Waals surface area contributed by atoms with E-state index in [4.69, 9.17) is 4.74 Å². The highest BCUT2D eigenvalue weighted by molar-refractivity contribution is 8.00. The molecule has 0 spiro atoms. The molecule has 3 heterocycles. The van der Waals surface area contributed by atoms with E-state index in [2.05, 4.69) is 15.6 Å². The summed E-state index contributed by atoms with van der Waals surface area (Å²) in [7, 11) is 1.60. The van der Waals surface area contributed by atoms with Gasteiger partial charge in [0.15, 0.2) is 0 Å². The highest BCUT2D eigenvalue weighted by atomic mass is 32.2. The van der Waals surface area contributed by atoms with Crippen LogP contribution in [0.15, 0.2) is 53.6 Å². The molecular formula is C26H28N4O4S. The Kier molecular flexibility index (Phi) is 6.90. The van der Waals surface area contributed by atoms with Crippen molar-refractivity contribution in [2.45, 2.75) is 36.4 Å². The number of aliphatic hydroxyl groups excluding tert-OH is 1. The van der Waals surface area contributed by atoms with E-state index >= 15 is 0 Å². The van der Waals surface area contributed by atoms with Gasteiger partial charge >= 0.3 is 0 Å². The summed E-state index contributed by atoms with van der Waals surface area (Å²) in [6.45, 7) is 1.35. The lowest BCUT2D eigenvalue weighted by Gasteiger charge is -2.34. The van der Waals surface area contributed by atoms with Gasteiger partial charge in [0.05, 0.1) is 42.8 Å². The lowest BCUT2D eigenvalue weighted by molar-refractivity contribution is -0.137. The number of β-amino-alcohol motifs (C(OH)–C–C–N with tert-alkyl or cyclic N) is 1. The fourth-order valence-electron chi connectivity index (χ4n) is 4.66. The lowest BCUT2D eigenvalue weighted by atomic mass is 10.0. The molecule has 2 amide bonds. The Labute approximate surface area is 208 Å². The third-order valence-corrected chi connectivity index (χ3v) is 7.57. The van der Waals surface area contributed by atoms with Crippen molar-refractivity contribution in [3.05, 3.63) is 59.8 Å². The van der Waals surface area contributed by atoms with Gasteiger partial charge in [-0.15, -0.1) is 11.8 Å². The zero-order valence-corrected chi connectivity index (χ0v) is 20.3. The number of hydrogen-bond acceptors (Lipinski definition) is 7. The van der Waals surface area contributed by atoms with Crippen LogP contribution in [0, 0.1) is 0 Å². The molecule has 1 fully saturated rings. The van der Waals surface area contributed by atoms with Crippen molar-refractivity contribution < 1.29 is 19.4 Å². The monoisotopic (exact) mass is 492 g/mol. The Morgan fingerprint density at radius 3 is 3.00 bits per heavy atom. The minimum atomic E-state index is -0.836. The van der Waals surface area contributed by atoms with Crippen molar-refractivity contribution in [2.24, 2.45) is 0 Å². The number of aromatic nitrogens is 1. The smallest absolute Gasteiger partial charge is 0.239 e. The maximum atomic E-state index is 13.2. The maximum Gasteiger partial charge on any atom is 0.239 e. The number of carbonyl (C=O) groups excluding carboxylic acids is 2. The van der Waals surface area contributed by atoms with E-state index in [0.29, 0.717) is 24.6 Å². The number of nitrogens with one attached hydrogen (secondary N) is 2. The predicted octanol–water partition coefficient (Wildman–Crippen LogP) is 3.10. The number of piperidine rings is 1. The van der Waals surface area contributed by atoms with Gasteiger partial charge in [-0.3, -0.25) is 14.6 Å². The predicted molar refractivity (Wildman–Crippen MR) is 135 cm³/mol. The highest BCUT2D eigenvalue weighted by Gasteiger charge is 2.30. The highest BCUT2D eigenvalue weighted by Crippen LogP contribution is 2.32. The van der Waals surface area contributed by atoms with E-state index in [1.165, 1.54) is 11.8 Å². The van der Waals surface area contributed by atoms with Crippen LogP contribution in [0.5, 0.6) is 5.75 Å². The number of anilines is 1. The van der Waals surface area contributed by atoms with Gasteiger partial charge in [0.1, 0.15) is 5.75 Å². The van der Waals surface area contributed by atoms with Crippen LogP contribution < -0.4 is 15.4 Å². The molecule has 2 atom stereocenters. The summed E-state index contributed by atoms with van der Waals surface area (Å²) in [6.07, 6.45) is 2.45. The first-order valence-electron chi connectivity index (χ1n) is 11.7. The number of ether oxygens (including phenoxy) is 1. The molecule has 0 aliphatic carbocycles. The van der Waals surface area contributed by atoms with Gasteiger partial charge in [0, 0.05) is 29.6 Å². The molecule has 3 aromatic rings. The SMILES string of the molecule is COc1ccc2nccc([C@@H](O)CN3CCCC(NCc4ccc5c(c4)NC(=O)CS5)C3=O)c2c1. The maximum absolute atomic E-state index is 13.2. The number of pyridine rings is 1. The molecule has 3 N–H and O–H groups in total. The van der Waals surface area contributed by atoms with E-state index in [0.717, 1.165) is 45.5 Å². The van der Waals surface area contributed by atoms with Gasteiger partial charge in [-0.1, -0.05) is 6.07 Å². The summed E-state index contributed by atoms with van der Waals surface area (Å²) in [5, 5.41) is 18.2. The van der Waals surface area contributed by atoms with Crippen molar-refractivity contribution in [1.29, 1.82) is 0 Å². The Morgan fingerprint density at radius 2 is 2.14 bits per heavy atom. The van der Waals surface area contributed by atoms with Crippen molar-refractivity contribution >= 4 is 40.2 Å². The molecule has 182 valence electrons. The first-order chi connectivity index (χ1) is 17.0. The fraction of sp³-hybridized carbons (Fsp3) is 0.346. The van der Waals surface area contributed by atoms with Crippen LogP contribution >= 0.6 is 11.8 Å². The van der Waals surface area contributed by atoms with Crippen LogP contribution in [0.25, 0.3) is 10.9 Å². The standard InChI is InChI=1S/C26H28N4O4S/c1-34-17-5-6-20-19(12-17)18(8-9-27-20)23(31)14-30-10-2-3-21(26(30)33)28-13-16-4-7-24-22(11-16)29-25(32)15-35-24/h4-9,11-12,21,23,28,31H,2-3,10,13-15H2,1H3,(H,29,32)/t21?,23-/m0/s1. The van der Waals surface area contributed by atoms with Gasteiger partial charge in [0.2, 0.25) is 11.8 Å². The molecule has 0 radical (unpaired) electrons. The molecule has 5 rings (SSSR count). The second-order valence-electron chi connectivity index (χ2n) is 8.83. The molecule has 1 aromatic heterocycles. The van der Waals surface area contributed by atoms with Gasteiger partial charge in [-0.05, 0) is 60.4 Å². The third kappa shape index (κ3) is 5.12. The Bertz CT molecular complexity index is 1270. The average Bonchev–Trinajstić information content (AvgIpc) is 2.88. The molecular weight excluding hydrogens is 464 g/mol. The van der Waals surface area contributed by atoms with Crippen molar-refractivity contribution in [3.63, 3.8) is 0 Å². The summed E-state index contributed by atoms with van der Waals surface area (Å²) >= 11 is 1.53. The van der Waals surface area contributed by atoms with E-state index in [-0.39, 0.29) is 24.4 Å². The average molecular weight is 493 g/mol. The Balaban J connectivity index is 1.25. The van der Waals surface area contributed by atoms with Crippen LogP contribution in [0.2, 0.25) is 0 Å². The zero-order chi connectivity index (χ0) is 24.4. The number of thioether (sulfide) groups is 1. The lowest BCUT2D eigenvalue weighted by Crippen LogP contribution is -2.51. The second-order valence-corrected chi connectivity index (χ2v) is 9.84. The largest absolute Gasteiger partial charge is 0.497 e. The van der Waals surface area contributed by atoms with E-state index in [1.54, 1.807) is 24.3 Å². The molecule has 2 aliphatic heterocycles. The zero-order valence-electron chi connectivity index (χ0n) is 19.5. The second kappa shape index (κ2) is 10.2. The summed E-state index contributed by atoms with van der Waals surface area (Å²) in [6, 6.07) is 13.0. The number of fused-ring (bicyclic) bond motifs is 2. The first-order valence-corrected chi connectivity index (χ1v) is 12.7. The minimum absolute atomic E-state index is 0.00434. The number of hydrogen-bond donors (Lipinski definition) is 3. The number of nitrogens with zero attached hydrogens (tertiary/aromatic N) is 2. The van der Waals surface area contributed by atoms with Gasteiger partial charge in [-0.25, -0.2) is 0 Å². The van der Waals surface area contributed by atoms with Crippen LogP contribution in [0.3, 0.4) is 0 Å². The van der Waals surface area contributed by atoms with Crippen molar-refractivity contribution in [2.75, 3.05) is 31.3 Å². The van der Waals surface area contributed by atoms with Gasteiger partial charge in [-0.2, -0.15) is 0 Å². The van der Waals surface area contributed by atoms with Gasteiger partial charge in [0.25, 0.3) is 0 Å².